The number of rotatable bonds is 5. The van der Waals surface area contributed by atoms with Gasteiger partial charge < -0.3 is 10.2 Å². The van der Waals surface area contributed by atoms with Crippen LogP contribution in [0.3, 0.4) is 0 Å². The van der Waals surface area contributed by atoms with Crippen molar-refractivity contribution in [2.45, 2.75) is 26.8 Å². The van der Waals surface area contributed by atoms with Gasteiger partial charge in [0.25, 0.3) is 5.91 Å². The highest BCUT2D eigenvalue weighted by Gasteiger charge is 2.20. The molecule has 0 saturated carbocycles. The number of hydrogen-bond acceptors (Lipinski definition) is 4. The fourth-order valence-electron chi connectivity index (χ4n) is 1.49. The molecule has 0 spiro atoms. The van der Waals surface area contributed by atoms with Crippen molar-refractivity contribution in [3.63, 3.8) is 0 Å². The predicted octanol–water partition coefficient (Wildman–Crippen LogP) is 0.429. The average Bonchev–Trinajstić information content (AvgIpc) is 2.63. The molecule has 0 fully saturated rings. The van der Waals surface area contributed by atoms with E-state index < -0.39 is 0 Å². The van der Waals surface area contributed by atoms with Crippen molar-refractivity contribution < 1.29 is 4.79 Å². The Morgan fingerprint density at radius 3 is 2.53 bits per heavy atom. The van der Waals surface area contributed by atoms with E-state index in [1.807, 2.05) is 19.0 Å². The predicted molar refractivity (Wildman–Crippen MR) is 65.8 cm³/mol. The SMILES string of the molecule is Cc1nc(C(=O)NC(CN(C)C)C(C)C)n[nH]1. The molecule has 96 valence electrons. The van der Waals surface area contributed by atoms with Crippen molar-refractivity contribution in [3.05, 3.63) is 11.6 Å². The summed E-state index contributed by atoms with van der Waals surface area (Å²) in [5, 5.41) is 9.46. The van der Waals surface area contributed by atoms with Crippen LogP contribution >= 0.6 is 0 Å². The van der Waals surface area contributed by atoms with Crippen LogP contribution in [0, 0.1) is 12.8 Å². The van der Waals surface area contributed by atoms with E-state index in [1.54, 1.807) is 6.92 Å². The molecule has 0 radical (unpaired) electrons. The lowest BCUT2D eigenvalue weighted by molar-refractivity contribution is 0.0906. The highest BCUT2D eigenvalue weighted by molar-refractivity contribution is 5.90. The van der Waals surface area contributed by atoms with Crippen LogP contribution in [0.2, 0.25) is 0 Å². The quantitative estimate of drug-likeness (QED) is 0.781. The molecule has 1 aromatic heterocycles. The Labute approximate surface area is 102 Å². The van der Waals surface area contributed by atoms with Gasteiger partial charge in [0, 0.05) is 12.6 Å². The van der Waals surface area contributed by atoms with Crippen molar-refractivity contribution in [2.24, 2.45) is 5.92 Å². The monoisotopic (exact) mass is 239 g/mol. The second-order valence-corrected chi connectivity index (χ2v) is 4.83. The lowest BCUT2D eigenvalue weighted by atomic mass is 10.0. The molecular formula is C11H21N5O. The summed E-state index contributed by atoms with van der Waals surface area (Å²) in [6.07, 6.45) is 0. The molecule has 0 aliphatic carbocycles. The maximum atomic E-state index is 11.9. The van der Waals surface area contributed by atoms with Gasteiger partial charge in [-0.3, -0.25) is 9.89 Å². The van der Waals surface area contributed by atoms with Crippen molar-refractivity contribution in [1.82, 2.24) is 25.4 Å². The lowest BCUT2D eigenvalue weighted by Crippen LogP contribution is -2.45. The van der Waals surface area contributed by atoms with E-state index in [2.05, 4.69) is 34.3 Å². The molecule has 1 aromatic rings. The first-order valence-electron chi connectivity index (χ1n) is 5.74. The van der Waals surface area contributed by atoms with Crippen LogP contribution in [-0.2, 0) is 0 Å². The minimum atomic E-state index is -0.227. The Hall–Kier alpha value is -1.43. The second-order valence-electron chi connectivity index (χ2n) is 4.83. The number of aryl methyl sites for hydroxylation is 1. The number of amides is 1. The highest BCUT2D eigenvalue weighted by Crippen LogP contribution is 2.04. The summed E-state index contributed by atoms with van der Waals surface area (Å²) in [7, 11) is 3.97. The summed E-state index contributed by atoms with van der Waals surface area (Å²) < 4.78 is 0. The maximum Gasteiger partial charge on any atom is 0.291 e. The first-order valence-corrected chi connectivity index (χ1v) is 5.74. The van der Waals surface area contributed by atoms with Crippen LogP contribution in [0.4, 0.5) is 0 Å². The van der Waals surface area contributed by atoms with Gasteiger partial charge in [-0.2, -0.15) is 0 Å². The minimum Gasteiger partial charge on any atom is -0.345 e. The van der Waals surface area contributed by atoms with Crippen molar-refractivity contribution in [2.75, 3.05) is 20.6 Å². The normalized spacial score (nSPS) is 13.1. The van der Waals surface area contributed by atoms with E-state index in [-0.39, 0.29) is 17.8 Å². The van der Waals surface area contributed by atoms with Crippen molar-refractivity contribution in [3.8, 4) is 0 Å². The van der Waals surface area contributed by atoms with Gasteiger partial charge in [0.15, 0.2) is 0 Å². The van der Waals surface area contributed by atoms with Crippen LogP contribution in [0.5, 0.6) is 0 Å². The Bertz CT molecular complexity index is 372. The van der Waals surface area contributed by atoms with Gasteiger partial charge >= 0.3 is 0 Å². The van der Waals surface area contributed by atoms with Gasteiger partial charge in [0.2, 0.25) is 5.82 Å². The molecule has 17 heavy (non-hydrogen) atoms. The van der Waals surface area contributed by atoms with Crippen LogP contribution in [-0.4, -0.2) is 52.7 Å². The molecule has 0 bridgehead atoms. The Kier molecular flexibility index (Phi) is 4.62. The molecule has 1 amide bonds. The number of aromatic nitrogens is 3. The molecule has 6 nitrogen and oxygen atoms in total. The third-order valence-electron chi connectivity index (χ3n) is 2.48. The maximum absolute atomic E-state index is 11.9. The van der Waals surface area contributed by atoms with Crippen LogP contribution in [0.1, 0.15) is 30.3 Å². The fourth-order valence-corrected chi connectivity index (χ4v) is 1.49. The molecule has 0 saturated heterocycles. The Balaban J connectivity index is 2.64. The standard InChI is InChI=1S/C11H21N5O/c1-7(2)9(6-16(4)5)13-11(17)10-12-8(3)14-15-10/h7,9H,6H2,1-5H3,(H,13,17)(H,12,14,15). The number of hydrogen-bond donors (Lipinski definition) is 2. The highest BCUT2D eigenvalue weighted by atomic mass is 16.2. The smallest absolute Gasteiger partial charge is 0.291 e. The minimum absolute atomic E-state index is 0.0938. The molecular weight excluding hydrogens is 218 g/mol. The van der Waals surface area contributed by atoms with Gasteiger partial charge in [-0.05, 0) is 26.9 Å². The zero-order valence-corrected chi connectivity index (χ0v) is 11.1. The number of carbonyl (C=O) groups is 1. The van der Waals surface area contributed by atoms with E-state index in [0.717, 1.165) is 6.54 Å². The Morgan fingerprint density at radius 1 is 1.47 bits per heavy atom. The zero-order valence-electron chi connectivity index (χ0n) is 11.1. The molecule has 2 N–H and O–H groups in total. The zero-order chi connectivity index (χ0) is 13.0. The molecule has 1 unspecified atom stereocenters. The number of nitrogens with one attached hydrogen (secondary N) is 2. The van der Waals surface area contributed by atoms with Crippen molar-refractivity contribution >= 4 is 5.91 Å². The topological polar surface area (TPSA) is 73.9 Å². The summed E-state index contributed by atoms with van der Waals surface area (Å²) in [4.78, 5) is 17.9. The number of H-pyrrole nitrogens is 1. The summed E-state index contributed by atoms with van der Waals surface area (Å²) in [5.41, 5.74) is 0. The largest absolute Gasteiger partial charge is 0.345 e. The van der Waals surface area contributed by atoms with E-state index in [1.165, 1.54) is 0 Å². The van der Waals surface area contributed by atoms with Gasteiger partial charge in [-0.25, -0.2) is 4.98 Å². The van der Waals surface area contributed by atoms with Gasteiger partial charge in [0.1, 0.15) is 5.82 Å². The summed E-state index contributed by atoms with van der Waals surface area (Å²) in [6, 6.07) is 0.0938. The van der Waals surface area contributed by atoms with Crippen LogP contribution in [0.25, 0.3) is 0 Å². The number of nitrogens with zero attached hydrogens (tertiary/aromatic N) is 3. The molecule has 1 atom stereocenters. The van der Waals surface area contributed by atoms with Gasteiger partial charge in [-0.1, -0.05) is 13.8 Å². The second kappa shape index (κ2) is 5.77. The summed E-state index contributed by atoms with van der Waals surface area (Å²) in [6.45, 7) is 6.73. The first kappa shape index (κ1) is 13.6. The summed E-state index contributed by atoms with van der Waals surface area (Å²) in [5.74, 6) is 0.979. The molecule has 0 aliphatic heterocycles. The van der Waals surface area contributed by atoms with Crippen LogP contribution < -0.4 is 5.32 Å². The molecule has 0 aromatic carbocycles. The molecule has 1 rings (SSSR count). The molecule has 6 heteroatoms. The van der Waals surface area contributed by atoms with Crippen molar-refractivity contribution in [1.29, 1.82) is 0 Å². The lowest BCUT2D eigenvalue weighted by Gasteiger charge is -2.25. The van der Waals surface area contributed by atoms with E-state index in [4.69, 9.17) is 0 Å². The molecule has 1 heterocycles. The van der Waals surface area contributed by atoms with E-state index >= 15 is 0 Å². The first-order chi connectivity index (χ1) is 7.90. The van der Waals surface area contributed by atoms with Gasteiger partial charge in [0.05, 0.1) is 0 Å². The third-order valence-corrected chi connectivity index (χ3v) is 2.48. The number of aromatic amines is 1. The van der Waals surface area contributed by atoms with Crippen LogP contribution in [0.15, 0.2) is 0 Å². The number of carbonyl (C=O) groups excluding carboxylic acids is 1. The Morgan fingerprint density at radius 2 is 2.12 bits per heavy atom. The fraction of sp³-hybridized carbons (Fsp3) is 0.727. The summed E-state index contributed by atoms with van der Waals surface area (Å²) >= 11 is 0. The average molecular weight is 239 g/mol. The molecule has 0 aliphatic rings. The van der Waals surface area contributed by atoms with E-state index in [9.17, 15) is 4.79 Å². The van der Waals surface area contributed by atoms with E-state index in [0.29, 0.717) is 11.7 Å². The van der Waals surface area contributed by atoms with Gasteiger partial charge in [-0.15, -0.1) is 5.10 Å². The third kappa shape index (κ3) is 4.14. The number of likely N-dealkylation sites (N-methyl/N-ethyl adjacent to an activating group) is 1.